The monoisotopic (exact) mass is 382 g/mol. The first kappa shape index (κ1) is 18.5. The summed E-state index contributed by atoms with van der Waals surface area (Å²) in [6.07, 6.45) is -0.812. The molecule has 0 saturated heterocycles. The summed E-state index contributed by atoms with van der Waals surface area (Å²) in [4.78, 5) is 23.9. The summed E-state index contributed by atoms with van der Waals surface area (Å²) in [5.41, 5.74) is 1.53. The zero-order valence-electron chi connectivity index (χ0n) is 14.6. The highest BCUT2D eigenvalue weighted by atomic mass is 35.5. The fourth-order valence-corrected chi connectivity index (χ4v) is 2.79. The number of nitrogens with one attached hydrogen (secondary N) is 1. The lowest BCUT2D eigenvalue weighted by Gasteiger charge is -2.15. The minimum Gasteiger partial charge on any atom is -0.481 e. The summed E-state index contributed by atoms with van der Waals surface area (Å²) < 4.78 is 10.8. The van der Waals surface area contributed by atoms with Crippen molar-refractivity contribution < 1.29 is 13.9 Å². The molecule has 3 aromatic rings. The van der Waals surface area contributed by atoms with E-state index in [2.05, 4.69) is 5.32 Å². The topological polar surface area (TPSA) is 92.3 Å². The summed E-state index contributed by atoms with van der Waals surface area (Å²) in [5.74, 6) is 0.0123. The van der Waals surface area contributed by atoms with Gasteiger partial charge in [0.1, 0.15) is 17.4 Å². The minimum absolute atomic E-state index is 0.254. The van der Waals surface area contributed by atoms with Crippen LogP contribution in [0.1, 0.15) is 18.1 Å². The van der Waals surface area contributed by atoms with E-state index in [4.69, 9.17) is 26.0 Å². The predicted molar refractivity (Wildman–Crippen MR) is 102 cm³/mol. The zero-order chi connectivity index (χ0) is 19.6. The van der Waals surface area contributed by atoms with Crippen LogP contribution >= 0.6 is 11.6 Å². The molecule has 1 heterocycles. The minimum atomic E-state index is -0.812. The van der Waals surface area contributed by atoms with E-state index in [9.17, 15) is 9.59 Å². The summed E-state index contributed by atoms with van der Waals surface area (Å²) in [6.45, 7) is 3.41. The summed E-state index contributed by atoms with van der Waals surface area (Å²) in [5, 5.41) is 12.6. The van der Waals surface area contributed by atoms with E-state index in [-0.39, 0.29) is 10.9 Å². The van der Waals surface area contributed by atoms with E-state index >= 15 is 0 Å². The molecule has 136 valence electrons. The van der Waals surface area contributed by atoms with Gasteiger partial charge in [0.05, 0.1) is 10.6 Å². The second-order valence-electron chi connectivity index (χ2n) is 5.96. The number of carbonyl (C=O) groups is 1. The fraction of sp³-hybridized carbons (Fsp3) is 0.150. The number of fused-ring (bicyclic) bond motifs is 1. The van der Waals surface area contributed by atoms with Crippen LogP contribution in [-0.4, -0.2) is 12.0 Å². The normalized spacial score (nSPS) is 11.6. The maximum Gasteiger partial charge on any atom is 0.336 e. The molecule has 7 heteroatoms. The van der Waals surface area contributed by atoms with E-state index in [1.54, 1.807) is 31.2 Å². The van der Waals surface area contributed by atoms with Crippen LogP contribution in [0.25, 0.3) is 11.0 Å². The molecule has 0 aliphatic carbocycles. The first-order chi connectivity index (χ1) is 12.9. The number of rotatable bonds is 4. The highest BCUT2D eigenvalue weighted by molar-refractivity contribution is 6.32. The summed E-state index contributed by atoms with van der Waals surface area (Å²) in [6, 6.07) is 13.0. The maximum atomic E-state index is 12.3. The molecule has 1 aromatic heterocycles. The number of carbonyl (C=O) groups excluding carboxylic acids is 1. The first-order valence-electron chi connectivity index (χ1n) is 8.09. The molecule has 2 aromatic carbocycles. The summed E-state index contributed by atoms with van der Waals surface area (Å²) in [7, 11) is 0. The van der Waals surface area contributed by atoms with Crippen molar-refractivity contribution in [2.45, 2.75) is 20.0 Å². The average Bonchev–Trinajstić information content (AvgIpc) is 2.61. The SMILES string of the molecule is Cc1cc(=O)oc2cc(OC(C)C(=O)Nc3ccc(C#N)c(Cl)c3)ccc12. The molecule has 1 atom stereocenters. The number of hydrogen-bond donors (Lipinski definition) is 1. The number of nitriles is 1. The van der Waals surface area contributed by atoms with Crippen molar-refractivity contribution in [3.63, 3.8) is 0 Å². The molecule has 1 unspecified atom stereocenters. The van der Waals surface area contributed by atoms with Gasteiger partial charge in [-0.2, -0.15) is 5.26 Å². The molecule has 0 aliphatic rings. The lowest BCUT2D eigenvalue weighted by Crippen LogP contribution is -2.30. The van der Waals surface area contributed by atoms with Crippen LogP contribution in [-0.2, 0) is 4.79 Å². The highest BCUT2D eigenvalue weighted by Crippen LogP contribution is 2.24. The van der Waals surface area contributed by atoms with Gasteiger partial charge >= 0.3 is 5.63 Å². The van der Waals surface area contributed by atoms with Crippen LogP contribution in [0.5, 0.6) is 5.75 Å². The van der Waals surface area contributed by atoms with Gasteiger partial charge in [-0.25, -0.2) is 4.79 Å². The maximum absolute atomic E-state index is 12.3. The average molecular weight is 383 g/mol. The first-order valence-corrected chi connectivity index (χ1v) is 8.47. The van der Waals surface area contributed by atoms with Crippen LogP contribution in [0.15, 0.2) is 51.7 Å². The molecule has 0 radical (unpaired) electrons. The number of anilines is 1. The standard InChI is InChI=1S/C20H15ClN2O4/c1-11-7-19(24)27-18-9-15(5-6-16(11)18)26-12(2)20(25)23-14-4-3-13(10-22)17(21)8-14/h3-9,12H,1-2H3,(H,23,25). The number of aryl methyl sites for hydroxylation is 1. The third-order valence-corrected chi connectivity index (χ3v) is 4.27. The van der Waals surface area contributed by atoms with Crippen molar-refractivity contribution in [3.05, 3.63) is 69.0 Å². The number of halogens is 1. The van der Waals surface area contributed by atoms with E-state index in [1.165, 1.54) is 18.2 Å². The molecule has 0 fully saturated rings. The molecule has 6 nitrogen and oxygen atoms in total. The van der Waals surface area contributed by atoms with Crippen LogP contribution in [0.2, 0.25) is 5.02 Å². The Morgan fingerprint density at radius 2 is 2.04 bits per heavy atom. The number of amides is 1. The molecule has 27 heavy (non-hydrogen) atoms. The molecule has 3 rings (SSSR count). The van der Waals surface area contributed by atoms with Gasteiger partial charge in [0.2, 0.25) is 0 Å². The Morgan fingerprint density at radius 3 is 2.74 bits per heavy atom. The number of benzene rings is 2. The second kappa shape index (κ2) is 7.52. The number of nitrogens with zero attached hydrogens (tertiary/aromatic N) is 1. The van der Waals surface area contributed by atoms with E-state index in [0.717, 1.165) is 10.9 Å². The summed E-state index contributed by atoms with van der Waals surface area (Å²) >= 11 is 5.96. The van der Waals surface area contributed by atoms with Crippen molar-refractivity contribution in [1.82, 2.24) is 0 Å². The van der Waals surface area contributed by atoms with E-state index in [1.807, 2.05) is 13.0 Å². The third kappa shape index (κ3) is 4.10. The van der Waals surface area contributed by atoms with E-state index < -0.39 is 11.7 Å². The Balaban J connectivity index is 1.74. The van der Waals surface area contributed by atoms with Crippen molar-refractivity contribution in [2.75, 3.05) is 5.32 Å². The second-order valence-corrected chi connectivity index (χ2v) is 6.37. The van der Waals surface area contributed by atoms with Gasteiger partial charge in [0.25, 0.3) is 5.91 Å². The molecular weight excluding hydrogens is 368 g/mol. The predicted octanol–water partition coefficient (Wildman–Crippen LogP) is 4.03. The Morgan fingerprint density at radius 1 is 1.26 bits per heavy atom. The Labute approximate surface area is 159 Å². The zero-order valence-corrected chi connectivity index (χ0v) is 15.3. The molecule has 0 aliphatic heterocycles. The number of hydrogen-bond acceptors (Lipinski definition) is 5. The molecule has 0 bridgehead atoms. The Kier molecular flexibility index (Phi) is 5.15. The van der Waals surface area contributed by atoms with E-state index in [0.29, 0.717) is 22.6 Å². The third-order valence-electron chi connectivity index (χ3n) is 3.96. The van der Waals surface area contributed by atoms with Crippen molar-refractivity contribution in [2.24, 2.45) is 0 Å². The van der Waals surface area contributed by atoms with Crippen LogP contribution in [0.3, 0.4) is 0 Å². The molecule has 0 spiro atoms. The van der Waals surface area contributed by atoms with Crippen LogP contribution in [0, 0.1) is 18.3 Å². The van der Waals surface area contributed by atoms with Crippen molar-refractivity contribution >= 4 is 34.2 Å². The lowest BCUT2D eigenvalue weighted by molar-refractivity contribution is -0.122. The lowest BCUT2D eigenvalue weighted by atomic mass is 10.1. The fourth-order valence-electron chi connectivity index (χ4n) is 2.56. The van der Waals surface area contributed by atoms with Crippen molar-refractivity contribution in [3.8, 4) is 11.8 Å². The van der Waals surface area contributed by atoms with Crippen molar-refractivity contribution in [1.29, 1.82) is 5.26 Å². The van der Waals surface area contributed by atoms with Gasteiger partial charge < -0.3 is 14.5 Å². The molecule has 1 amide bonds. The largest absolute Gasteiger partial charge is 0.481 e. The highest BCUT2D eigenvalue weighted by Gasteiger charge is 2.16. The van der Waals surface area contributed by atoms with Crippen LogP contribution < -0.4 is 15.7 Å². The molecule has 0 saturated carbocycles. The molecule has 1 N–H and O–H groups in total. The quantitative estimate of drug-likeness (QED) is 0.687. The Bertz CT molecular complexity index is 1130. The van der Waals surface area contributed by atoms with Gasteiger partial charge in [0.15, 0.2) is 6.10 Å². The van der Waals surface area contributed by atoms with Gasteiger partial charge in [-0.3, -0.25) is 4.79 Å². The van der Waals surface area contributed by atoms with Gasteiger partial charge in [0, 0.05) is 23.2 Å². The number of ether oxygens (including phenoxy) is 1. The van der Waals surface area contributed by atoms with Crippen LogP contribution in [0.4, 0.5) is 5.69 Å². The molecular formula is C20H15ClN2O4. The smallest absolute Gasteiger partial charge is 0.336 e. The van der Waals surface area contributed by atoms with Gasteiger partial charge in [-0.1, -0.05) is 11.6 Å². The van der Waals surface area contributed by atoms with Gasteiger partial charge in [-0.15, -0.1) is 0 Å². The Hall–Kier alpha value is -3.30. The van der Waals surface area contributed by atoms with Gasteiger partial charge in [-0.05, 0) is 49.7 Å².